The van der Waals surface area contributed by atoms with Gasteiger partial charge in [-0.3, -0.25) is 9.13 Å². The molecule has 11 heteroatoms. The number of aliphatic imine (C=N–C) groups is 2. The highest BCUT2D eigenvalue weighted by Gasteiger charge is 2.13. The van der Waals surface area contributed by atoms with Crippen LogP contribution in [0.1, 0.15) is 9.75 Å². The first-order valence-corrected chi connectivity index (χ1v) is 13.0. The quantitative estimate of drug-likeness (QED) is 0.174. The number of thiazole rings is 2. The van der Waals surface area contributed by atoms with Crippen molar-refractivity contribution < 1.29 is 10.2 Å². The van der Waals surface area contributed by atoms with E-state index in [0.717, 1.165) is 11.4 Å². The Kier molecular flexibility index (Phi) is 6.96. The monoisotopic (exact) mass is 547 g/mol. The minimum absolute atomic E-state index is 0.0220. The summed E-state index contributed by atoms with van der Waals surface area (Å²) in [6.45, 7) is 0. The van der Waals surface area contributed by atoms with Gasteiger partial charge in [0.2, 0.25) is 11.8 Å². The van der Waals surface area contributed by atoms with Crippen LogP contribution in [-0.4, -0.2) is 36.8 Å². The predicted octanol–water partition coefficient (Wildman–Crippen LogP) is 7.16. The molecule has 36 heavy (non-hydrogen) atoms. The van der Waals surface area contributed by atoms with E-state index in [1.165, 1.54) is 35.1 Å². The van der Waals surface area contributed by atoms with Gasteiger partial charge in [0.15, 0.2) is 19.5 Å². The van der Waals surface area contributed by atoms with E-state index in [9.17, 15) is 10.2 Å². The first kappa shape index (κ1) is 23.9. The molecule has 5 rings (SSSR count). The van der Waals surface area contributed by atoms with E-state index < -0.39 is 0 Å². The van der Waals surface area contributed by atoms with Crippen molar-refractivity contribution in [3.05, 3.63) is 96.5 Å². The van der Waals surface area contributed by atoms with Gasteiger partial charge < -0.3 is 10.2 Å². The minimum atomic E-state index is 0.0220. The van der Waals surface area contributed by atoms with Crippen molar-refractivity contribution >= 4 is 71.2 Å². The second-order valence-corrected chi connectivity index (χ2v) is 10.7. The van der Waals surface area contributed by atoms with Gasteiger partial charge in [-0.2, -0.15) is 0 Å². The zero-order chi connectivity index (χ0) is 25.1. The Bertz CT molecular complexity index is 1580. The summed E-state index contributed by atoms with van der Waals surface area (Å²) in [6, 6.07) is 24.0. The maximum atomic E-state index is 10.7. The van der Waals surface area contributed by atoms with Crippen LogP contribution in [-0.2, 0) is 0 Å². The molecule has 0 bridgehead atoms. The van der Waals surface area contributed by atoms with Gasteiger partial charge in [0.25, 0.3) is 0 Å². The molecule has 0 radical (unpaired) electrons. The highest BCUT2D eigenvalue weighted by Crippen LogP contribution is 2.30. The van der Waals surface area contributed by atoms with E-state index in [4.69, 9.17) is 24.4 Å². The number of para-hydroxylation sites is 2. The van der Waals surface area contributed by atoms with Gasteiger partial charge in [0.1, 0.15) is 9.75 Å². The van der Waals surface area contributed by atoms with Crippen molar-refractivity contribution in [2.45, 2.75) is 0 Å². The number of hydrogen-bond acceptors (Lipinski definition) is 9. The van der Waals surface area contributed by atoms with Gasteiger partial charge in [0.05, 0.1) is 23.8 Å². The third-order valence-corrected chi connectivity index (χ3v) is 7.60. The fraction of sp³-hybridized carbons (Fsp3) is 0. The Morgan fingerprint density at radius 1 is 0.639 bits per heavy atom. The van der Waals surface area contributed by atoms with Crippen LogP contribution in [0.5, 0.6) is 11.8 Å². The molecule has 0 spiro atoms. The van der Waals surface area contributed by atoms with Crippen LogP contribution in [0.2, 0.25) is 0 Å². The van der Waals surface area contributed by atoms with Gasteiger partial charge in [-0.1, -0.05) is 65.1 Å². The van der Waals surface area contributed by atoms with E-state index in [1.54, 1.807) is 27.3 Å². The molecule has 0 unspecified atom stereocenters. The average molecular weight is 548 g/mol. The number of benzene rings is 2. The van der Waals surface area contributed by atoms with Crippen LogP contribution in [0, 0.1) is 7.91 Å². The molecule has 0 atom stereocenters. The number of pyridine rings is 1. The number of rotatable bonds is 6. The molecular formula is C25H17N5O2S4. The highest BCUT2D eigenvalue weighted by molar-refractivity contribution is 7.73. The molecule has 0 aliphatic heterocycles. The van der Waals surface area contributed by atoms with Crippen LogP contribution in [0.25, 0.3) is 11.4 Å². The second kappa shape index (κ2) is 10.5. The Morgan fingerprint density at radius 3 is 1.47 bits per heavy atom. The fourth-order valence-electron chi connectivity index (χ4n) is 3.35. The summed E-state index contributed by atoms with van der Waals surface area (Å²) < 4.78 is 4.21. The first-order valence-electron chi connectivity index (χ1n) is 10.6. The van der Waals surface area contributed by atoms with E-state index in [-0.39, 0.29) is 11.8 Å². The zero-order valence-corrected chi connectivity index (χ0v) is 21.7. The van der Waals surface area contributed by atoms with Gasteiger partial charge in [0, 0.05) is 0 Å². The summed E-state index contributed by atoms with van der Waals surface area (Å²) in [5.41, 5.74) is 1.55. The molecule has 2 aromatic carbocycles. The van der Waals surface area contributed by atoms with Crippen molar-refractivity contribution in [2.24, 2.45) is 9.98 Å². The van der Waals surface area contributed by atoms with Gasteiger partial charge >= 0.3 is 0 Å². The van der Waals surface area contributed by atoms with E-state index in [2.05, 4.69) is 15.0 Å². The largest absolute Gasteiger partial charge is 0.493 e. The molecule has 3 heterocycles. The van der Waals surface area contributed by atoms with Crippen molar-refractivity contribution in [1.82, 2.24) is 14.1 Å². The molecule has 0 amide bonds. The summed E-state index contributed by atoms with van der Waals surface area (Å²) >= 11 is 13.4. The summed E-state index contributed by atoms with van der Waals surface area (Å²) in [5, 5.41) is 21.4. The molecule has 0 fully saturated rings. The van der Waals surface area contributed by atoms with Gasteiger partial charge in [-0.15, -0.1) is 0 Å². The molecule has 5 aromatic rings. The van der Waals surface area contributed by atoms with Crippen molar-refractivity contribution in [2.75, 3.05) is 0 Å². The topological polar surface area (TPSA) is 87.9 Å². The van der Waals surface area contributed by atoms with Crippen LogP contribution >= 0.6 is 47.1 Å². The Labute approximate surface area is 224 Å². The molecule has 0 aliphatic rings. The lowest BCUT2D eigenvalue weighted by Gasteiger charge is -2.03. The minimum Gasteiger partial charge on any atom is -0.493 e. The van der Waals surface area contributed by atoms with Crippen molar-refractivity contribution in [1.29, 1.82) is 0 Å². The number of nitrogens with zero attached hydrogens (tertiary/aromatic N) is 5. The summed E-state index contributed by atoms with van der Waals surface area (Å²) in [5.74, 6) is 0.865. The number of aromatic hydroxyl groups is 2. The number of aromatic nitrogens is 3. The van der Waals surface area contributed by atoms with Gasteiger partial charge in [-0.25, -0.2) is 15.0 Å². The van der Waals surface area contributed by atoms with Crippen LogP contribution < -0.4 is 0 Å². The van der Waals surface area contributed by atoms with Crippen molar-refractivity contribution in [3.8, 4) is 23.1 Å². The smallest absolute Gasteiger partial charge is 0.216 e. The number of hydrogen-bond donors (Lipinski definition) is 2. The lowest BCUT2D eigenvalue weighted by Crippen LogP contribution is -1.92. The van der Waals surface area contributed by atoms with Crippen LogP contribution in [0.4, 0.5) is 11.6 Å². The SMILES string of the molecule is Oc1c(C=Nc2cccc(/N=C/c3sc(=S)n(-c4ccccc4)c3O)n2)sc(=S)n1-c1ccccc1. The third-order valence-electron chi connectivity index (χ3n) is 5.00. The molecule has 2 N–H and O–H groups in total. The molecule has 7 nitrogen and oxygen atoms in total. The first-order chi connectivity index (χ1) is 17.5. The fourth-order valence-corrected chi connectivity index (χ4v) is 5.79. The molecule has 0 saturated carbocycles. The summed E-state index contributed by atoms with van der Waals surface area (Å²) in [4.78, 5) is 14.2. The normalized spacial score (nSPS) is 11.6. The molecular weight excluding hydrogens is 531 g/mol. The molecule has 3 aromatic heterocycles. The second-order valence-electron chi connectivity index (χ2n) is 7.32. The molecule has 178 valence electrons. The third kappa shape index (κ3) is 4.95. The average Bonchev–Trinajstić information content (AvgIpc) is 3.35. The lowest BCUT2D eigenvalue weighted by atomic mass is 10.3. The Hall–Kier alpha value is -3.77. The van der Waals surface area contributed by atoms with E-state index >= 15 is 0 Å². The zero-order valence-electron chi connectivity index (χ0n) is 18.4. The van der Waals surface area contributed by atoms with E-state index in [1.807, 2.05) is 60.7 Å². The van der Waals surface area contributed by atoms with E-state index in [0.29, 0.717) is 29.3 Å². The lowest BCUT2D eigenvalue weighted by molar-refractivity contribution is 0.441. The summed E-state index contributed by atoms with van der Waals surface area (Å²) in [7, 11) is 0. The van der Waals surface area contributed by atoms with Crippen molar-refractivity contribution in [3.63, 3.8) is 0 Å². The standard InChI is InChI=1S/C25H17N5O2S4/c31-22-18(35-24(33)29(22)16-8-3-1-4-9-16)14-26-20-12-7-13-21(28-20)27-15-19-23(32)30(25(34)36-19)17-10-5-2-6-11-17/h1-15,31-32H/b26-14+,27-15?. The Balaban J connectivity index is 1.38. The van der Waals surface area contributed by atoms with Crippen LogP contribution in [0.3, 0.4) is 0 Å². The molecule has 0 saturated heterocycles. The van der Waals surface area contributed by atoms with Gasteiger partial charge in [-0.05, 0) is 60.8 Å². The van der Waals surface area contributed by atoms with Crippen LogP contribution in [0.15, 0.2) is 88.8 Å². The summed E-state index contributed by atoms with van der Waals surface area (Å²) in [6.07, 6.45) is 3.06. The highest BCUT2D eigenvalue weighted by atomic mass is 32.2. The maximum absolute atomic E-state index is 10.7. The maximum Gasteiger partial charge on any atom is 0.216 e. The molecule has 0 aliphatic carbocycles. The predicted molar refractivity (Wildman–Crippen MR) is 151 cm³/mol. The Morgan fingerprint density at radius 2 is 1.06 bits per heavy atom.